The van der Waals surface area contributed by atoms with Gasteiger partial charge in [-0.25, -0.2) is 9.59 Å². The summed E-state index contributed by atoms with van der Waals surface area (Å²) in [5.74, 6) is -0.568. The molecule has 130 valence electrons. The zero-order valence-electron chi connectivity index (χ0n) is 13.8. The maximum absolute atomic E-state index is 12.2. The highest BCUT2D eigenvalue weighted by atomic mass is 16.5. The molecule has 0 fully saturated rings. The van der Waals surface area contributed by atoms with Crippen LogP contribution in [0.15, 0.2) is 48.5 Å². The molecular formula is C19H19NO5. The Kier molecular flexibility index (Phi) is 4.61. The second kappa shape index (κ2) is 6.84. The third kappa shape index (κ3) is 3.28. The second-order valence-corrected chi connectivity index (χ2v) is 5.92. The Morgan fingerprint density at radius 3 is 2.64 bits per heavy atom. The number of aryl methyl sites for hydroxylation is 1. The molecule has 1 unspecified atom stereocenters. The first kappa shape index (κ1) is 16.8. The van der Waals surface area contributed by atoms with E-state index in [1.807, 2.05) is 36.4 Å². The lowest BCUT2D eigenvalue weighted by Gasteiger charge is -2.26. The summed E-state index contributed by atoms with van der Waals surface area (Å²) >= 11 is 0. The van der Waals surface area contributed by atoms with Crippen LogP contribution in [0.25, 0.3) is 0 Å². The molecule has 6 heteroatoms. The number of carboxylic acids is 1. The molecule has 1 aliphatic rings. The van der Waals surface area contributed by atoms with Crippen LogP contribution in [0.4, 0.5) is 4.79 Å². The lowest BCUT2D eigenvalue weighted by molar-refractivity contribution is -0.145. The molecule has 6 nitrogen and oxygen atoms in total. The molecule has 0 heterocycles. The van der Waals surface area contributed by atoms with Gasteiger partial charge in [0, 0.05) is 0 Å². The topological polar surface area (TPSA) is 84.9 Å². The largest absolute Gasteiger partial charge is 0.497 e. The van der Waals surface area contributed by atoms with Crippen molar-refractivity contribution in [2.75, 3.05) is 7.11 Å². The Morgan fingerprint density at radius 2 is 1.96 bits per heavy atom. The van der Waals surface area contributed by atoms with Crippen LogP contribution in [0.2, 0.25) is 0 Å². The van der Waals surface area contributed by atoms with Gasteiger partial charge in [0.1, 0.15) is 12.4 Å². The Bertz CT molecular complexity index is 790. The number of carbonyl (C=O) groups is 2. The van der Waals surface area contributed by atoms with E-state index in [2.05, 4.69) is 5.32 Å². The summed E-state index contributed by atoms with van der Waals surface area (Å²) in [5.41, 5.74) is 0.746. The quantitative estimate of drug-likeness (QED) is 0.873. The molecule has 0 aromatic heterocycles. The first-order valence-electron chi connectivity index (χ1n) is 7.95. The van der Waals surface area contributed by atoms with Crippen LogP contribution in [0.1, 0.15) is 23.1 Å². The molecule has 0 bridgehead atoms. The van der Waals surface area contributed by atoms with Crippen molar-refractivity contribution < 1.29 is 24.2 Å². The zero-order valence-corrected chi connectivity index (χ0v) is 13.8. The Hall–Kier alpha value is -3.02. The lowest BCUT2D eigenvalue weighted by atomic mass is 9.92. The number of hydrogen-bond donors (Lipinski definition) is 2. The van der Waals surface area contributed by atoms with Crippen molar-refractivity contribution in [2.24, 2.45) is 0 Å². The summed E-state index contributed by atoms with van der Waals surface area (Å²) in [4.78, 5) is 24.2. The number of hydrogen-bond acceptors (Lipinski definition) is 4. The monoisotopic (exact) mass is 341 g/mol. The van der Waals surface area contributed by atoms with Gasteiger partial charge in [-0.3, -0.25) is 0 Å². The molecule has 2 N–H and O–H groups in total. The van der Waals surface area contributed by atoms with Gasteiger partial charge in [0.25, 0.3) is 0 Å². The fraction of sp³-hybridized carbons (Fsp3) is 0.263. The van der Waals surface area contributed by atoms with Crippen LogP contribution in [-0.4, -0.2) is 24.3 Å². The predicted molar refractivity (Wildman–Crippen MR) is 90.4 cm³/mol. The maximum atomic E-state index is 12.2. The molecule has 2 aromatic carbocycles. The number of fused-ring (bicyclic) bond motifs is 1. The Balaban J connectivity index is 1.79. The molecule has 0 radical (unpaired) electrons. The lowest BCUT2D eigenvalue weighted by Crippen LogP contribution is -2.50. The van der Waals surface area contributed by atoms with Gasteiger partial charge in [-0.05, 0) is 41.7 Å². The second-order valence-electron chi connectivity index (χ2n) is 5.92. The van der Waals surface area contributed by atoms with Gasteiger partial charge in [-0.2, -0.15) is 0 Å². The highest BCUT2D eigenvalue weighted by Gasteiger charge is 2.47. The minimum absolute atomic E-state index is 0.0767. The number of carboxylic acid groups (broad SMARTS) is 1. The zero-order chi connectivity index (χ0) is 17.9. The first-order chi connectivity index (χ1) is 12.0. The van der Waals surface area contributed by atoms with Crippen LogP contribution in [0, 0.1) is 0 Å². The summed E-state index contributed by atoms with van der Waals surface area (Å²) in [6.07, 6.45) is 0.0671. The van der Waals surface area contributed by atoms with Gasteiger partial charge in [-0.1, -0.05) is 36.4 Å². The van der Waals surface area contributed by atoms with Gasteiger partial charge in [0.2, 0.25) is 0 Å². The van der Waals surface area contributed by atoms with Crippen LogP contribution < -0.4 is 10.1 Å². The van der Waals surface area contributed by atoms with Crippen LogP contribution in [-0.2, 0) is 28.1 Å². The predicted octanol–water partition coefficient (Wildman–Crippen LogP) is 2.85. The molecule has 25 heavy (non-hydrogen) atoms. The summed E-state index contributed by atoms with van der Waals surface area (Å²) in [7, 11) is 1.51. The molecule has 1 aliphatic carbocycles. The van der Waals surface area contributed by atoms with Gasteiger partial charge in [-0.15, -0.1) is 0 Å². The third-order valence-corrected chi connectivity index (χ3v) is 4.44. The van der Waals surface area contributed by atoms with Gasteiger partial charge in [0.15, 0.2) is 5.54 Å². The minimum atomic E-state index is -1.50. The van der Waals surface area contributed by atoms with Crippen molar-refractivity contribution in [1.29, 1.82) is 0 Å². The maximum Gasteiger partial charge on any atom is 0.408 e. The Labute approximate surface area is 145 Å². The molecule has 0 saturated carbocycles. The SMILES string of the molecule is COc1ccc2c(c1)C(NC(=O)OCc1ccccc1)(C(=O)O)CC2. The first-order valence-corrected chi connectivity index (χ1v) is 7.95. The van der Waals surface area contributed by atoms with Crippen LogP contribution >= 0.6 is 0 Å². The number of ether oxygens (including phenoxy) is 2. The number of rotatable bonds is 5. The highest BCUT2D eigenvalue weighted by Crippen LogP contribution is 2.39. The summed E-state index contributed by atoms with van der Waals surface area (Å²) in [6.45, 7) is 0.0767. The minimum Gasteiger partial charge on any atom is -0.497 e. The molecule has 2 aromatic rings. The normalized spacial score (nSPS) is 18.3. The molecule has 1 atom stereocenters. The van der Waals surface area contributed by atoms with Crippen LogP contribution in [0.3, 0.4) is 0 Å². The van der Waals surface area contributed by atoms with E-state index in [4.69, 9.17) is 9.47 Å². The Morgan fingerprint density at radius 1 is 1.20 bits per heavy atom. The van der Waals surface area contributed by atoms with Crippen molar-refractivity contribution in [2.45, 2.75) is 25.0 Å². The summed E-state index contributed by atoms with van der Waals surface area (Å²) in [5, 5.41) is 12.4. The number of benzene rings is 2. The van der Waals surface area contributed by atoms with Crippen molar-refractivity contribution >= 4 is 12.1 Å². The average molecular weight is 341 g/mol. The molecule has 1 amide bonds. The van der Waals surface area contributed by atoms with Crippen molar-refractivity contribution in [3.8, 4) is 5.75 Å². The summed E-state index contributed by atoms with van der Waals surface area (Å²) < 4.78 is 10.4. The smallest absolute Gasteiger partial charge is 0.408 e. The average Bonchev–Trinajstić information content (AvgIpc) is 3.00. The van der Waals surface area contributed by atoms with Crippen molar-refractivity contribution in [3.63, 3.8) is 0 Å². The van der Waals surface area contributed by atoms with E-state index in [0.717, 1.165) is 11.1 Å². The molecule has 0 aliphatic heterocycles. The molecule has 3 rings (SSSR count). The van der Waals surface area contributed by atoms with Crippen molar-refractivity contribution in [1.82, 2.24) is 5.32 Å². The van der Waals surface area contributed by atoms with Crippen molar-refractivity contribution in [3.05, 3.63) is 65.2 Å². The number of carbonyl (C=O) groups excluding carboxylic acids is 1. The highest BCUT2D eigenvalue weighted by molar-refractivity contribution is 5.87. The van der Waals surface area contributed by atoms with E-state index < -0.39 is 17.6 Å². The molecular weight excluding hydrogens is 322 g/mol. The van der Waals surface area contributed by atoms with E-state index in [-0.39, 0.29) is 13.0 Å². The van der Waals surface area contributed by atoms with Gasteiger partial charge < -0.3 is 19.9 Å². The third-order valence-electron chi connectivity index (χ3n) is 4.44. The van der Waals surface area contributed by atoms with Gasteiger partial charge in [0.05, 0.1) is 7.11 Å². The fourth-order valence-electron chi connectivity index (χ4n) is 3.09. The molecule has 0 saturated heterocycles. The van der Waals surface area contributed by atoms with E-state index in [1.54, 1.807) is 12.1 Å². The van der Waals surface area contributed by atoms with Gasteiger partial charge >= 0.3 is 12.1 Å². The molecule has 0 spiro atoms. The number of aliphatic carboxylic acids is 1. The van der Waals surface area contributed by atoms with E-state index in [1.165, 1.54) is 7.11 Å². The van der Waals surface area contributed by atoms with E-state index in [0.29, 0.717) is 17.7 Å². The summed E-state index contributed by atoms with van der Waals surface area (Å²) in [6, 6.07) is 14.5. The number of amides is 1. The number of methoxy groups -OCH3 is 1. The standard InChI is InChI=1S/C19H19NO5/c1-24-15-8-7-14-9-10-19(17(21)22,16(14)11-15)20-18(23)25-12-13-5-3-2-4-6-13/h2-8,11H,9-10,12H2,1H3,(H,20,23)(H,21,22). The van der Waals surface area contributed by atoms with E-state index >= 15 is 0 Å². The number of alkyl carbamates (subject to hydrolysis) is 1. The van der Waals surface area contributed by atoms with E-state index in [9.17, 15) is 14.7 Å². The fourth-order valence-corrected chi connectivity index (χ4v) is 3.09. The number of nitrogens with one attached hydrogen (secondary N) is 1. The van der Waals surface area contributed by atoms with Crippen LogP contribution in [0.5, 0.6) is 5.75 Å².